The molecular weight excluding hydrogens is 292 g/mol. The van der Waals surface area contributed by atoms with Gasteiger partial charge in [-0.2, -0.15) is 0 Å². The van der Waals surface area contributed by atoms with Crippen molar-refractivity contribution in [1.29, 1.82) is 0 Å². The van der Waals surface area contributed by atoms with Gasteiger partial charge < -0.3 is 0 Å². The van der Waals surface area contributed by atoms with E-state index < -0.39 is 10.0 Å². The highest BCUT2D eigenvalue weighted by atomic mass is 79.9. The summed E-state index contributed by atoms with van der Waals surface area (Å²) in [7, 11) is -3.44. The Morgan fingerprint density at radius 2 is 2.12 bits per heavy atom. The molecule has 0 saturated heterocycles. The number of pyridine rings is 1. The van der Waals surface area contributed by atoms with Gasteiger partial charge in [-0.3, -0.25) is 4.98 Å². The van der Waals surface area contributed by atoms with E-state index >= 15 is 0 Å². The Kier molecular flexibility index (Phi) is 3.07. The monoisotopic (exact) mass is 304 g/mol. The molecule has 0 aromatic carbocycles. The van der Waals surface area contributed by atoms with Crippen molar-refractivity contribution < 1.29 is 8.42 Å². The molecule has 0 amide bonds. The van der Waals surface area contributed by atoms with E-state index in [1.807, 2.05) is 6.92 Å². The predicted molar refractivity (Wildman–Crippen MR) is 64.5 cm³/mol. The molecule has 1 heterocycles. The van der Waals surface area contributed by atoms with Gasteiger partial charge in [0.15, 0.2) is 0 Å². The van der Waals surface area contributed by atoms with Gasteiger partial charge in [-0.05, 0) is 48.2 Å². The molecule has 0 atom stereocenters. The van der Waals surface area contributed by atoms with Gasteiger partial charge in [0, 0.05) is 22.4 Å². The zero-order valence-electron chi connectivity index (χ0n) is 8.90. The molecule has 2 rings (SSSR count). The number of nitrogens with zero attached hydrogens (tertiary/aromatic N) is 1. The standard InChI is InChI=1S/C10H13BrN2O2S/c1-10(3-2-4-10)13-16(14,15)9-5-8(11)6-12-7-9/h5-7,13H,2-4H2,1H3. The van der Waals surface area contributed by atoms with E-state index in [2.05, 4.69) is 25.6 Å². The zero-order chi connectivity index (χ0) is 11.8. The van der Waals surface area contributed by atoms with Crippen molar-refractivity contribution in [2.24, 2.45) is 0 Å². The van der Waals surface area contributed by atoms with E-state index in [0.29, 0.717) is 4.47 Å². The molecule has 4 nitrogen and oxygen atoms in total. The SMILES string of the molecule is CC1(NS(=O)(=O)c2cncc(Br)c2)CCC1. The summed E-state index contributed by atoms with van der Waals surface area (Å²) >= 11 is 3.21. The molecule has 1 aromatic rings. The molecule has 1 aliphatic rings. The van der Waals surface area contributed by atoms with Crippen molar-refractivity contribution in [3.8, 4) is 0 Å². The quantitative estimate of drug-likeness (QED) is 0.930. The lowest BCUT2D eigenvalue weighted by Gasteiger charge is -2.38. The molecule has 16 heavy (non-hydrogen) atoms. The van der Waals surface area contributed by atoms with Crippen LogP contribution in [0.2, 0.25) is 0 Å². The maximum Gasteiger partial charge on any atom is 0.242 e. The maximum absolute atomic E-state index is 12.0. The van der Waals surface area contributed by atoms with Gasteiger partial charge in [0.25, 0.3) is 0 Å². The lowest BCUT2D eigenvalue weighted by molar-refractivity contribution is 0.248. The van der Waals surface area contributed by atoms with Crippen LogP contribution in [-0.2, 0) is 10.0 Å². The first kappa shape index (κ1) is 12.0. The van der Waals surface area contributed by atoms with Crippen molar-refractivity contribution >= 4 is 26.0 Å². The number of hydrogen-bond acceptors (Lipinski definition) is 3. The molecular formula is C10H13BrN2O2S. The first-order chi connectivity index (χ1) is 7.41. The summed E-state index contributed by atoms with van der Waals surface area (Å²) in [5.41, 5.74) is -0.277. The number of halogens is 1. The van der Waals surface area contributed by atoms with Gasteiger partial charge in [-0.1, -0.05) is 0 Å². The summed E-state index contributed by atoms with van der Waals surface area (Å²) in [5.74, 6) is 0. The minimum Gasteiger partial charge on any atom is -0.262 e. The largest absolute Gasteiger partial charge is 0.262 e. The Morgan fingerprint density at radius 3 is 2.62 bits per heavy atom. The van der Waals surface area contributed by atoms with E-state index in [-0.39, 0.29) is 10.4 Å². The highest BCUT2D eigenvalue weighted by molar-refractivity contribution is 9.10. The lowest BCUT2D eigenvalue weighted by Crippen LogP contribution is -2.50. The third-order valence-electron chi connectivity index (χ3n) is 2.83. The Morgan fingerprint density at radius 1 is 1.44 bits per heavy atom. The van der Waals surface area contributed by atoms with Crippen LogP contribution in [0.1, 0.15) is 26.2 Å². The van der Waals surface area contributed by atoms with Crippen molar-refractivity contribution in [1.82, 2.24) is 9.71 Å². The smallest absolute Gasteiger partial charge is 0.242 e. The van der Waals surface area contributed by atoms with E-state index in [1.165, 1.54) is 6.20 Å². The predicted octanol–water partition coefficient (Wildman–Crippen LogP) is 2.06. The fraction of sp³-hybridized carbons (Fsp3) is 0.500. The number of rotatable bonds is 3. The molecule has 1 fully saturated rings. The molecule has 1 N–H and O–H groups in total. The Hall–Kier alpha value is -0.460. The Balaban J connectivity index is 2.25. The van der Waals surface area contributed by atoms with Gasteiger partial charge in [-0.15, -0.1) is 0 Å². The second kappa shape index (κ2) is 4.09. The van der Waals surface area contributed by atoms with Crippen molar-refractivity contribution in [2.45, 2.75) is 36.6 Å². The minimum atomic E-state index is -3.44. The molecule has 1 aromatic heterocycles. The topological polar surface area (TPSA) is 59.1 Å². The van der Waals surface area contributed by atoms with Gasteiger partial charge >= 0.3 is 0 Å². The van der Waals surface area contributed by atoms with Gasteiger partial charge in [0.05, 0.1) is 0 Å². The summed E-state index contributed by atoms with van der Waals surface area (Å²) in [6.45, 7) is 1.93. The number of hydrogen-bond donors (Lipinski definition) is 1. The minimum absolute atomic E-state index is 0.204. The third kappa shape index (κ3) is 2.44. The van der Waals surface area contributed by atoms with E-state index in [9.17, 15) is 8.42 Å². The summed E-state index contributed by atoms with van der Waals surface area (Å²) < 4.78 is 27.4. The first-order valence-electron chi connectivity index (χ1n) is 5.06. The van der Waals surface area contributed by atoms with Crippen LogP contribution in [0.25, 0.3) is 0 Å². The van der Waals surface area contributed by atoms with Crippen molar-refractivity contribution in [3.05, 3.63) is 22.9 Å². The summed E-state index contributed by atoms with van der Waals surface area (Å²) in [6, 6.07) is 1.55. The fourth-order valence-corrected chi connectivity index (χ4v) is 3.70. The second-order valence-corrected chi connectivity index (χ2v) is 6.96. The lowest BCUT2D eigenvalue weighted by atomic mass is 9.80. The van der Waals surface area contributed by atoms with Crippen LogP contribution >= 0.6 is 15.9 Å². The first-order valence-corrected chi connectivity index (χ1v) is 7.33. The molecule has 0 aliphatic heterocycles. The molecule has 0 unspecified atom stereocenters. The van der Waals surface area contributed by atoms with E-state index in [4.69, 9.17) is 0 Å². The van der Waals surface area contributed by atoms with Crippen LogP contribution < -0.4 is 4.72 Å². The average molecular weight is 305 g/mol. The van der Waals surface area contributed by atoms with Gasteiger partial charge in [0.1, 0.15) is 4.90 Å². The van der Waals surface area contributed by atoms with Gasteiger partial charge in [0.2, 0.25) is 10.0 Å². The molecule has 0 spiro atoms. The maximum atomic E-state index is 12.0. The number of aromatic nitrogens is 1. The van der Waals surface area contributed by atoms with E-state index in [1.54, 1.807) is 12.3 Å². The Bertz CT molecular complexity index is 497. The van der Waals surface area contributed by atoms with Crippen LogP contribution in [0.4, 0.5) is 0 Å². The molecule has 1 aliphatic carbocycles. The van der Waals surface area contributed by atoms with Crippen molar-refractivity contribution in [2.75, 3.05) is 0 Å². The third-order valence-corrected chi connectivity index (χ3v) is 4.87. The van der Waals surface area contributed by atoms with Gasteiger partial charge in [-0.25, -0.2) is 13.1 Å². The van der Waals surface area contributed by atoms with E-state index in [0.717, 1.165) is 19.3 Å². The average Bonchev–Trinajstić information content (AvgIpc) is 2.15. The number of nitrogens with one attached hydrogen (secondary N) is 1. The van der Waals surface area contributed by atoms with Crippen LogP contribution in [0, 0.1) is 0 Å². The molecule has 0 bridgehead atoms. The van der Waals surface area contributed by atoms with Crippen LogP contribution in [0.3, 0.4) is 0 Å². The van der Waals surface area contributed by atoms with Crippen LogP contribution in [0.15, 0.2) is 27.8 Å². The summed E-state index contributed by atoms with van der Waals surface area (Å²) in [4.78, 5) is 4.06. The highest BCUT2D eigenvalue weighted by Crippen LogP contribution is 2.32. The fourth-order valence-electron chi connectivity index (χ4n) is 1.73. The number of sulfonamides is 1. The second-order valence-electron chi connectivity index (χ2n) is 4.36. The van der Waals surface area contributed by atoms with Crippen molar-refractivity contribution in [3.63, 3.8) is 0 Å². The normalized spacial score (nSPS) is 19.1. The molecule has 88 valence electrons. The van der Waals surface area contributed by atoms with Crippen LogP contribution in [0.5, 0.6) is 0 Å². The summed E-state index contributed by atoms with van der Waals surface area (Å²) in [5, 5.41) is 0. The molecule has 6 heteroatoms. The Labute approximate surface area is 104 Å². The highest BCUT2D eigenvalue weighted by Gasteiger charge is 2.36. The zero-order valence-corrected chi connectivity index (χ0v) is 11.3. The van der Waals surface area contributed by atoms with Crippen LogP contribution in [-0.4, -0.2) is 18.9 Å². The molecule has 0 radical (unpaired) electrons. The summed E-state index contributed by atoms with van der Waals surface area (Å²) in [6.07, 6.45) is 5.79. The molecule has 1 saturated carbocycles.